The van der Waals surface area contributed by atoms with Crippen LogP contribution in [0.15, 0.2) is 108 Å². The Kier molecular flexibility index (Phi) is 8.90. The summed E-state index contributed by atoms with van der Waals surface area (Å²) in [6.45, 7) is 5.28. The standard InChI is InChI=1S/2C17H19.C2H4.2ClH.Ti/c2*1-13-11-15-9-5-6-10-16(17(15)12-13)14-7-3-2-4-8-14;1-2;;;/h2*2-9,11,13,16-17H,10,12H2,1H3;1-2H2;2*1H;/q;;;;;+2/p-2. The van der Waals surface area contributed by atoms with Gasteiger partial charge in [-0.05, 0) is 0 Å². The van der Waals surface area contributed by atoms with Crippen molar-refractivity contribution in [2.75, 3.05) is 0 Å². The third-order valence-corrected chi connectivity index (χ3v) is 20.4. The van der Waals surface area contributed by atoms with Crippen molar-refractivity contribution in [1.29, 1.82) is 0 Å². The van der Waals surface area contributed by atoms with Crippen LogP contribution in [0.4, 0.5) is 0 Å². The molecule has 2 saturated carbocycles. The molecule has 7 rings (SSSR count). The maximum Gasteiger partial charge on any atom is -1.00 e. The van der Waals surface area contributed by atoms with Gasteiger partial charge in [-0.25, -0.2) is 0 Å². The second kappa shape index (κ2) is 11.9. The molecule has 8 atom stereocenters. The summed E-state index contributed by atoms with van der Waals surface area (Å²) in [5, 5.41) is 0. The Balaban J connectivity index is 0.00000154. The Bertz CT molecular complexity index is 1160. The summed E-state index contributed by atoms with van der Waals surface area (Å²) in [5.74, 6) is 4.52. The maximum absolute atomic E-state index is 2.64. The van der Waals surface area contributed by atoms with E-state index in [2.05, 4.69) is 111 Å². The zero-order valence-corrected chi connectivity index (χ0v) is 26.4. The summed E-state index contributed by atoms with van der Waals surface area (Å²) in [7, 11) is 0. The minimum absolute atomic E-state index is 0. The van der Waals surface area contributed by atoms with Gasteiger partial charge in [-0.15, -0.1) is 0 Å². The predicted molar refractivity (Wildman–Crippen MR) is 154 cm³/mol. The van der Waals surface area contributed by atoms with Gasteiger partial charge in [-0.1, -0.05) is 0 Å². The molecule has 204 valence electrons. The molecule has 1 heterocycles. The Hall–Kier alpha value is -1.31. The average molecular weight is 594 g/mol. The molecule has 0 aromatic heterocycles. The van der Waals surface area contributed by atoms with E-state index in [1.165, 1.54) is 25.7 Å². The largest absolute Gasteiger partial charge is 1.00 e. The van der Waals surface area contributed by atoms with Crippen molar-refractivity contribution in [3.05, 3.63) is 119 Å². The Labute approximate surface area is 252 Å². The fourth-order valence-electron chi connectivity index (χ4n) is 9.74. The van der Waals surface area contributed by atoms with E-state index in [0.717, 1.165) is 32.1 Å². The number of hydrogen-bond donors (Lipinski definition) is 0. The summed E-state index contributed by atoms with van der Waals surface area (Å²) in [6.07, 6.45) is 20.3. The number of hydrogen-bond acceptors (Lipinski definition) is 0. The van der Waals surface area contributed by atoms with Crippen LogP contribution in [0.5, 0.6) is 0 Å². The molecule has 5 aliphatic rings. The second-order valence-electron chi connectivity index (χ2n) is 13.0. The van der Waals surface area contributed by atoms with E-state index in [1.807, 2.05) is 11.1 Å². The maximum atomic E-state index is 2.64. The molecule has 0 spiro atoms. The monoisotopic (exact) mass is 592 g/mol. The number of halogens is 2. The molecule has 1 aliphatic heterocycles. The predicted octanol–water partition coefficient (Wildman–Crippen LogP) is 4.23. The molecule has 2 aromatic carbocycles. The fourth-order valence-corrected chi connectivity index (χ4v) is 21.6. The molecule has 0 bridgehead atoms. The van der Waals surface area contributed by atoms with Crippen LogP contribution in [0.1, 0.15) is 62.5 Å². The van der Waals surface area contributed by atoms with Gasteiger partial charge in [-0.2, -0.15) is 0 Å². The molecule has 39 heavy (non-hydrogen) atoms. The number of fused-ring (bicyclic) bond motifs is 2. The van der Waals surface area contributed by atoms with Crippen molar-refractivity contribution < 1.29 is 41.4 Å². The van der Waals surface area contributed by atoms with Crippen molar-refractivity contribution in [2.24, 2.45) is 23.7 Å². The van der Waals surface area contributed by atoms with Crippen LogP contribution in [0.2, 0.25) is 17.9 Å². The molecule has 0 amide bonds. The van der Waals surface area contributed by atoms with Crippen molar-refractivity contribution in [3.63, 3.8) is 0 Å². The van der Waals surface area contributed by atoms with Gasteiger partial charge in [0.2, 0.25) is 0 Å². The van der Waals surface area contributed by atoms with E-state index in [-0.39, 0.29) is 24.8 Å². The van der Waals surface area contributed by atoms with Gasteiger partial charge in [0, 0.05) is 0 Å². The molecule has 8 unspecified atom stereocenters. The third kappa shape index (κ3) is 5.03. The summed E-state index contributed by atoms with van der Waals surface area (Å²) >= 11 is -2.11. The summed E-state index contributed by atoms with van der Waals surface area (Å²) in [6, 6.07) is 22.9. The quantitative estimate of drug-likeness (QED) is 0.466. The molecule has 0 nitrogen and oxygen atoms in total. The molecule has 0 radical (unpaired) electrons. The minimum atomic E-state index is -2.11. The van der Waals surface area contributed by atoms with Gasteiger partial charge in [0.1, 0.15) is 0 Å². The van der Waals surface area contributed by atoms with Crippen LogP contribution in [0.25, 0.3) is 0 Å². The Morgan fingerprint density at radius 1 is 0.564 bits per heavy atom. The van der Waals surface area contributed by atoms with Crippen molar-refractivity contribution in [2.45, 2.75) is 69.3 Å². The Morgan fingerprint density at radius 2 is 0.974 bits per heavy atom. The molecule has 2 aromatic rings. The number of allylic oxidation sites excluding steroid dienone is 8. The van der Waals surface area contributed by atoms with Gasteiger partial charge in [0.15, 0.2) is 0 Å². The molecular formula is C36H42Cl2Ti. The fraction of sp³-hybridized carbons (Fsp3) is 0.444. The molecule has 3 heteroatoms. The van der Waals surface area contributed by atoms with E-state index in [4.69, 9.17) is 0 Å². The van der Waals surface area contributed by atoms with Gasteiger partial charge in [0.05, 0.1) is 0 Å². The van der Waals surface area contributed by atoms with Crippen molar-refractivity contribution >= 4 is 0 Å². The SMILES string of the molecule is CC1CC2C(=CC=CCC2c2ccccc2)[CH]1[Ti+2]1([CH]2C3=CC=CCC(c4ccccc4)C3CC2C)[CH2][CH2]1.[Cl-].[Cl-]. The van der Waals surface area contributed by atoms with Gasteiger partial charge >= 0.3 is 229 Å². The smallest absolute Gasteiger partial charge is 1.00 e. The normalized spacial score (nSPS) is 34.9. The van der Waals surface area contributed by atoms with Crippen LogP contribution in [-0.4, -0.2) is 0 Å². The van der Waals surface area contributed by atoms with E-state index in [9.17, 15) is 0 Å². The second-order valence-corrected chi connectivity index (χ2v) is 20.4. The van der Waals surface area contributed by atoms with E-state index >= 15 is 0 Å². The molecule has 3 fully saturated rings. The van der Waals surface area contributed by atoms with Crippen LogP contribution in [0, 0.1) is 23.7 Å². The van der Waals surface area contributed by atoms with Gasteiger partial charge in [-0.3, -0.25) is 0 Å². The van der Waals surface area contributed by atoms with E-state index in [0.29, 0.717) is 11.8 Å². The zero-order chi connectivity index (χ0) is 25.0. The summed E-state index contributed by atoms with van der Waals surface area (Å²) in [4.78, 5) is 0. The molecular weight excluding hydrogens is 551 g/mol. The van der Waals surface area contributed by atoms with Crippen molar-refractivity contribution in [3.8, 4) is 0 Å². The minimum Gasteiger partial charge on any atom is -1.00 e. The topological polar surface area (TPSA) is 0 Å². The first-order valence-corrected chi connectivity index (χ1v) is 19.0. The first kappa shape index (κ1) is 29.2. The van der Waals surface area contributed by atoms with Gasteiger partial charge in [0.25, 0.3) is 0 Å². The van der Waals surface area contributed by atoms with E-state index in [1.54, 1.807) is 20.6 Å². The van der Waals surface area contributed by atoms with Crippen molar-refractivity contribution in [1.82, 2.24) is 0 Å². The van der Waals surface area contributed by atoms with Crippen LogP contribution in [-0.2, 0) is 16.6 Å². The molecule has 0 N–H and O–H groups in total. The molecule has 4 aliphatic carbocycles. The van der Waals surface area contributed by atoms with E-state index < -0.39 is 16.6 Å². The first-order chi connectivity index (χ1) is 18.2. The van der Waals surface area contributed by atoms with Gasteiger partial charge < -0.3 is 24.8 Å². The summed E-state index contributed by atoms with van der Waals surface area (Å²) in [5.41, 5.74) is 6.89. The Morgan fingerprint density at radius 3 is 1.36 bits per heavy atom. The average Bonchev–Trinajstić information content (AvgIpc) is 3.64. The summed E-state index contributed by atoms with van der Waals surface area (Å²) < 4.78 is 5.07. The number of rotatable bonds is 4. The first-order valence-electron chi connectivity index (χ1n) is 15.0. The van der Waals surface area contributed by atoms with Crippen LogP contribution < -0.4 is 24.8 Å². The third-order valence-electron chi connectivity index (χ3n) is 11.1. The zero-order valence-electron chi connectivity index (χ0n) is 23.4. The van der Waals surface area contributed by atoms with Crippen LogP contribution >= 0.6 is 0 Å². The molecule has 1 saturated heterocycles. The number of benzene rings is 2. The van der Waals surface area contributed by atoms with Crippen LogP contribution in [0.3, 0.4) is 0 Å².